The summed E-state index contributed by atoms with van der Waals surface area (Å²) in [5.74, 6) is -0.403. The van der Waals surface area contributed by atoms with Gasteiger partial charge < -0.3 is 5.32 Å². The van der Waals surface area contributed by atoms with Crippen LogP contribution < -0.4 is 5.32 Å². The third-order valence-corrected chi connectivity index (χ3v) is 1.65. The molecule has 1 aromatic carbocycles. The second-order valence-corrected chi connectivity index (χ2v) is 2.43. The zero-order chi connectivity index (χ0) is 8.97. The lowest BCUT2D eigenvalue weighted by atomic mass is 10.1. The summed E-state index contributed by atoms with van der Waals surface area (Å²) in [6, 6.07) is 4.68. The molecule has 0 saturated carbocycles. The molecule has 0 radical (unpaired) electrons. The average Bonchev–Trinajstić information content (AvgIpc) is 2.09. The molecular formula is C9H10FNO. The molecule has 0 bridgehead atoms. The fraction of sp³-hybridized carbons (Fsp3) is 0.222. The van der Waals surface area contributed by atoms with Crippen molar-refractivity contribution in [2.24, 2.45) is 0 Å². The first-order valence-corrected chi connectivity index (χ1v) is 3.76. The fourth-order valence-electron chi connectivity index (χ4n) is 0.966. The maximum absolute atomic E-state index is 12.9. The lowest BCUT2D eigenvalue weighted by Gasteiger charge is -2.02. The van der Waals surface area contributed by atoms with Crippen LogP contribution in [0.4, 0.5) is 10.1 Å². The van der Waals surface area contributed by atoms with E-state index in [2.05, 4.69) is 5.32 Å². The topological polar surface area (TPSA) is 29.1 Å². The summed E-state index contributed by atoms with van der Waals surface area (Å²) in [6.45, 7) is 1.97. The van der Waals surface area contributed by atoms with Gasteiger partial charge in [-0.25, -0.2) is 4.39 Å². The van der Waals surface area contributed by atoms with E-state index in [1.54, 1.807) is 12.1 Å². The van der Waals surface area contributed by atoms with Crippen molar-refractivity contribution in [3.63, 3.8) is 0 Å². The summed E-state index contributed by atoms with van der Waals surface area (Å²) in [5, 5.41) is 2.29. The zero-order valence-electron chi connectivity index (χ0n) is 6.80. The molecule has 3 heteroatoms. The fourth-order valence-corrected chi connectivity index (χ4v) is 0.966. The lowest BCUT2D eigenvalue weighted by Crippen LogP contribution is -1.97. The predicted octanol–water partition coefficient (Wildman–Crippen LogP) is 1.96. The lowest BCUT2D eigenvalue weighted by molar-refractivity contribution is -0.105. The third kappa shape index (κ3) is 1.81. The number of carbonyl (C=O) groups excluding carboxylic acids is 1. The van der Waals surface area contributed by atoms with Gasteiger partial charge in [0.05, 0.1) is 5.69 Å². The molecule has 0 unspecified atom stereocenters. The number of rotatable bonds is 3. The molecule has 12 heavy (non-hydrogen) atoms. The monoisotopic (exact) mass is 167 g/mol. The smallest absolute Gasteiger partial charge is 0.211 e. The Bertz CT molecular complexity index is 286. The standard InChI is InChI=1S/C9H10FNO/c1-2-7-3-4-8(10)9(5-7)11-6-12/h3-6H,2H2,1H3,(H,11,12). The van der Waals surface area contributed by atoms with E-state index in [1.807, 2.05) is 6.92 Å². The Kier molecular flexibility index (Phi) is 2.80. The Morgan fingerprint density at radius 2 is 2.33 bits per heavy atom. The summed E-state index contributed by atoms with van der Waals surface area (Å²) < 4.78 is 12.9. The minimum atomic E-state index is -0.403. The van der Waals surface area contributed by atoms with E-state index in [0.29, 0.717) is 6.41 Å². The molecule has 0 aliphatic heterocycles. The number of amides is 1. The Balaban J connectivity index is 2.99. The maximum atomic E-state index is 12.9. The van der Waals surface area contributed by atoms with Gasteiger partial charge >= 0.3 is 0 Å². The van der Waals surface area contributed by atoms with Crippen molar-refractivity contribution in [2.75, 3.05) is 5.32 Å². The number of hydrogen-bond donors (Lipinski definition) is 1. The maximum Gasteiger partial charge on any atom is 0.211 e. The Hall–Kier alpha value is -1.38. The van der Waals surface area contributed by atoms with Crippen molar-refractivity contribution in [3.05, 3.63) is 29.6 Å². The van der Waals surface area contributed by atoms with Crippen LogP contribution in [0.1, 0.15) is 12.5 Å². The molecule has 2 nitrogen and oxygen atoms in total. The molecule has 1 N–H and O–H groups in total. The normalized spacial score (nSPS) is 9.50. The number of carbonyl (C=O) groups is 1. The van der Waals surface area contributed by atoms with Crippen LogP contribution in [0.2, 0.25) is 0 Å². The highest BCUT2D eigenvalue weighted by atomic mass is 19.1. The molecule has 0 heterocycles. The first-order valence-electron chi connectivity index (χ1n) is 3.76. The SMILES string of the molecule is CCc1ccc(F)c(NC=O)c1. The van der Waals surface area contributed by atoms with Crippen molar-refractivity contribution in [3.8, 4) is 0 Å². The van der Waals surface area contributed by atoms with Crippen molar-refractivity contribution in [1.82, 2.24) is 0 Å². The summed E-state index contributed by atoms with van der Waals surface area (Å²) >= 11 is 0. The Labute approximate surface area is 70.4 Å². The zero-order valence-corrected chi connectivity index (χ0v) is 6.80. The van der Waals surface area contributed by atoms with E-state index >= 15 is 0 Å². The molecule has 0 aliphatic rings. The van der Waals surface area contributed by atoms with Gasteiger partial charge in [0.25, 0.3) is 0 Å². The number of nitrogens with one attached hydrogen (secondary N) is 1. The molecule has 1 aromatic rings. The molecular weight excluding hydrogens is 157 g/mol. The quantitative estimate of drug-likeness (QED) is 0.685. The molecule has 0 fully saturated rings. The molecule has 64 valence electrons. The first kappa shape index (κ1) is 8.71. The van der Waals surface area contributed by atoms with Gasteiger partial charge in [-0.2, -0.15) is 0 Å². The van der Waals surface area contributed by atoms with Gasteiger partial charge in [-0.15, -0.1) is 0 Å². The van der Waals surface area contributed by atoms with Crippen LogP contribution in [-0.4, -0.2) is 6.41 Å². The average molecular weight is 167 g/mol. The highest BCUT2D eigenvalue weighted by Crippen LogP contribution is 2.15. The Morgan fingerprint density at radius 1 is 1.58 bits per heavy atom. The van der Waals surface area contributed by atoms with Gasteiger partial charge in [-0.05, 0) is 24.1 Å². The van der Waals surface area contributed by atoms with Gasteiger partial charge in [0.15, 0.2) is 0 Å². The second-order valence-electron chi connectivity index (χ2n) is 2.43. The van der Waals surface area contributed by atoms with Crippen LogP contribution in [0.5, 0.6) is 0 Å². The van der Waals surface area contributed by atoms with E-state index < -0.39 is 5.82 Å². The molecule has 0 saturated heterocycles. The number of anilines is 1. The molecule has 0 aliphatic carbocycles. The van der Waals surface area contributed by atoms with Crippen molar-refractivity contribution < 1.29 is 9.18 Å². The summed E-state index contributed by atoms with van der Waals surface area (Å²) in [7, 11) is 0. The molecule has 1 amide bonds. The summed E-state index contributed by atoms with van der Waals surface area (Å²) in [6.07, 6.45) is 1.30. The number of hydrogen-bond acceptors (Lipinski definition) is 1. The Morgan fingerprint density at radius 3 is 2.92 bits per heavy atom. The van der Waals surface area contributed by atoms with Crippen LogP contribution in [0.25, 0.3) is 0 Å². The van der Waals surface area contributed by atoms with Gasteiger partial charge in [0.2, 0.25) is 6.41 Å². The van der Waals surface area contributed by atoms with E-state index in [9.17, 15) is 9.18 Å². The molecule has 1 rings (SSSR count). The number of halogens is 1. The van der Waals surface area contributed by atoms with Gasteiger partial charge in [0.1, 0.15) is 5.82 Å². The number of aryl methyl sites for hydroxylation is 1. The van der Waals surface area contributed by atoms with Crippen LogP contribution in [0.15, 0.2) is 18.2 Å². The third-order valence-electron chi connectivity index (χ3n) is 1.65. The summed E-state index contributed by atoms with van der Waals surface area (Å²) in [4.78, 5) is 10.0. The van der Waals surface area contributed by atoms with E-state index in [0.717, 1.165) is 12.0 Å². The molecule has 0 spiro atoms. The van der Waals surface area contributed by atoms with Gasteiger partial charge in [-0.3, -0.25) is 4.79 Å². The van der Waals surface area contributed by atoms with E-state index in [1.165, 1.54) is 6.07 Å². The van der Waals surface area contributed by atoms with E-state index in [4.69, 9.17) is 0 Å². The minimum Gasteiger partial charge on any atom is -0.326 e. The van der Waals surface area contributed by atoms with Crippen molar-refractivity contribution >= 4 is 12.1 Å². The first-order chi connectivity index (χ1) is 5.77. The van der Waals surface area contributed by atoms with Crippen LogP contribution in [-0.2, 0) is 11.2 Å². The van der Waals surface area contributed by atoms with Crippen molar-refractivity contribution in [2.45, 2.75) is 13.3 Å². The molecule has 0 atom stereocenters. The van der Waals surface area contributed by atoms with Crippen LogP contribution in [0.3, 0.4) is 0 Å². The van der Waals surface area contributed by atoms with Crippen LogP contribution >= 0.6 is 0 Å². The van der Waals surface area contributed by atoms with E-state index in [-0.39, 0.29) is 5.69 Å². The van der Waals surface area contributed by atoms with Gasteiger partial charge in [0, 0.05) is 0 Å². The van der Waals surface area contributed by atoms with Gasteiger partial charge in [-0.1, -0.05) is 13.0 Å². The highest BCUT2D eigenvalue weighted by Gasteiger charge is 2.00. The largest absolute Gasteiger partial charge is 0.326 e. The number of benzene rings is 1. The minimum absolute atomic E-state index is 0.240. The highest BCUT2D eigenvalue weighted by molar-refractivity contribution is 5.71. The predicted molar refractivity (Wildman–Crippen MR) is 45.5 cm³/mol. The van der Waals surface area contributed by atoms with Crippen LogP contribution in [0, 0.1) is 5.82 Å². The summed E-state index contributed by atoms with van der Waals surface area (Å²) in [5.41, 5.74) is 1.24. The molecule has 0 aromatic heterocycles. The van der Waals surface area contributed by atoms with Crippen molar-refractivity contribution in [1.29, 1.82) is 0 Å². The second kappa shape index (κ2) is 3.85.